The zero-order chi connectivity index (χ0) is 44.9. The average Bonchev–Trinajstić information content (AvgIpc) is 4.03. The summed E-state index contributed by atoms with van der Waals surface area (Å²) in [6.45, 7) is 12.5. The number of amides is 4. The zero-order valence-electron chi connectivity index (χ0n) is 37.3. The lowest BCUT2D eigenvalue weighted by Gasteiger charge is -2.35. The lowest BCUT2D eigenvalue weighted by Crippen LogP contribution is -2.60. The molecule has 2 saturated heterocycles. The number of unbranched alkanes of at least 4 members (excludes halogenated alkanes) is 2. The molecule has 5 atom stereocenters. The van der Waals surface area contributed by atoms with E-state index in [0.29, 0.717) is 36.7 Å². The molecule has 15 nitrogen and oxygen atoms in total. The van der Waals surface area contributed by atoms with E-state index >= 15 is 0 Å². The van der Waals surface area contributed by atoms with E-state index in [1.165, 1.54) is 43.1 Å². The second-order valence-corrected chi connectivity index (χ2v) is 22.7. The van der Waals surface area contributed by atoms with Crippen molar-refractivity contribution in [2.24, 2.45) is 17.3 Å². The second kappa shape index (κ2) is 17.5. The fourth-order valence-corrected chi connectivity index (χ4v) is 10.8. The Kier molecular flexibility index (Phi) is 12.5. The molecule has 1 unspecified atom stereocenters. The van der Waals surface area contributed by atoms with Crippen LogP contribution in [0.4, 0.5) is 4.79 Å². The molecule has 0 radical (unpaired) electrons. The van der Waals surface area contributed by atoms with Gasteiger partial charge in [-0.1, -0.05) is 71.1 Å². The smallest absolute Gasteiger partial charge is 0.405 e. The first-order chi connectivity index (χ1) is 29.9. The molecular formula is C47H66N6O9S. The Morgan fingerprint density at radius 3 is 2.33 bits per heavy atom. The first-order valence-electron chi connectivity index (χ1n) is 23.2. The maximum Gasteiger partial charge on any atom is 0.405 e. The molecule has 6 fully saturated rings. The highest BCUT2D eigenvalue weighted by molar-refractivity contribution is 7.91. The number of rotatable bonds is 19. The Balaban J connectivity index is 1.09. The minimum atomic E-state index is -4.02. The summed E-state index contributed by atoms with van der Waals surface area (Å²) in [6, 6.07) is 6.13. The van der Waals surface area contributed by atoms with Gasteiger partial charge in [0.15, 0.2) is 0 Å². The summed E-state index contributed by atoms with van der Waals surface area (Å²) in [7, 11) is -4.02. The lowest BCUT2D eigenvalue weighted by atomic mass is 9.85. The van der Waals surface area contributed by atoms with Crippen LogP contribution >= 0.6 is 0 Å². The van der Waals surface area contributed by atoms with E-state index in [4.69, 9.17) is 14.5 Å². The summed E-state index contributed by atoms with van der Waals surface area (Å²) < 4.78 is 41.4. The highest BCUT2D eigenvalue weighted by Crippen LogP contribution is 2.47. The van der Waals surface area contributed by atoms with Gasteiger partial charge < -0.3 is 35.0 Å². The van der Waals surface area contributed by atoms with Gasteiger partial charge >= 0.3 is 6.09 Å². The van der Waals surface area contributed by atoms with E-state index in [2.05, 4.69) is 26.8 Å². The predicted octanol–water partition coefficient (Wildman–Crippen LogP) is 5.84. The van der Waals surface area contributed by atoms with Gasteiger partial charge in [0.1, 0.15) is 35.6 Å². The Hall–Kier alpha value is -4.44. The van der Waals surface area contributed by atoms with Gasteiger partial charge in [-0.2, -0.15) is 0 Å². The number of nitrogens with zero attached hydrogens (tertiary/aromatic N) is 3. The molecule has 1 aromatic heterocycles. The molecular weight excluding hydrogens is 825 g/mol. The van der Waals surface area contributed by atoms with E-state index in [1.54, 1.807) is 27.7 Å². The fraction of sp³-hybridized carbons (Fsp3) is 0.681. The van der Waals surface area contributed by atoms with Crippen molar-refractivity contribution in [3.63, 3.8) is 0 Å². The first-order valence-corrected chi connectivity index (χ1v) is 24.7. The zero-order valence-corrected chi connectivity index (χ0v) is 38.1. The van der Waals surface area contributed by atoms with Crippen LogP contribution < -0.4 is 24.8 Å². The highest BCUT2D eigenvalue weighted by atomic mass is 32.2. The number of fused-ring (bicyclic) bond motifs is 1. The number of benzene rings is 1. The van der Waals surface area contributed by atoms with Crippen molar-refractivity contribution in [1.82, 2.24) is 30.1 Å². The summed E-state index contributed by atoms with van der Waals surface area (Å²) in [5.74, 6) is -0.738. The fourth-order valence-electron chi connectivity index (χ4n) is 9.52. The average molecular weight is 891 g/mol. The SMILES string of the molecule is C=C[C@@H]1C[C@]1(NC(=O)[C@@H]1CC(Oc2nc3ccccc3c(OC3CCN(C4CC4)CC3)c2CCCCCC2CC2)CN1C(=O)[C@@H](NC(=O)O)C(C)(C)C)C(=O)NS(=O)(=O)C1(C)CC1. The molecule has 2 aromatic rings. The number of aromatic nitrogens is 1. The second-order valence-electron chi connectivity index (χ2n) is 20.5. The van der Waals surface area contributed by atoms with Crippen LogP contribution in [0.1, 0.15) is 123 Å². The Bertz CT molecular complexity index is 2210. The summed E-state index contributed by atoms with van der Waals surface area (Å²) in [4.78, 5) is 64.0. The number of hydrogen-bond donors (Lipinski definition) is 4. The van der Waals surface area contributed by atoms with E-state index in [0.717, 1.165) is 67.8 Å². The Morgan fingerprint density at radius 2 is 1.71 bits per heavy atom. The number of ether oxygens (including phenoxy) is 2. The summed E-state index contributed by atoms with van der Waals surface area (Å²) in [6.07, 6.45) is 12.3. The third-order valence-corrected chi connectivity index (χ3v) is 16.5. The van der Waals surface area contributed by atoms with Crippen LogP contribution in [-0.4, -0.2) is 112 Å². The molecule has 0 spiro atoms. The van der Waals surface area contributed by atoms with E-state index in [9.17, 15) is 32.7 Å². The van der Waals surface area contributed by atoms with Crippen LogP contribution in [0.3, 0.4) is 0 Å². The van der Waals surface area contributed by atoms with Crippen LogP contribution in [0.25, 0.3) is 10.9 Å². The molecule has 16 heteroatoms. The van der Waals surface area contributed by atoms with Gasteiger partial charge in [0, 0.05) is 36.9 Å². The number of carbonyl (C=O) groups is 4. The van der Waals surface area contributed by atoms with Crippen molar-refractivity contribution < 1.29 is 42.2 Å². The van der Waals surface area contributed by atoms with Gasteiger partial charge in [0.25, 0.3) is 5.91 Å². The molecule has 6 aliphatic rings. The number of piperidine rings is 1. The van der Waals surface area contributed by atoms with Gasteiger partial charge in [-0.3, -0.25) is 19.1 Å². The number of carbonyl (C=O) groups excluding carboxylic acids is 3. The molecule has 3 heterocycles. The maximum absolute atomic E-state index is 14.6. The maximum atomic E-state index is 14.6. The van der Waals surface area contributed by atoms with Gasteiger partial charge in [0.05, 0.1) is 22.4 Å². The normalized spacial score (nSPS) is 26.4. The number of nitrogens with one attached hydrogen (secondary N) is 3. The first kappa shape index (κ1) is 45.1. The number of pyridine rings is 1. The summed E-state index contributed by atoms with van der Waals surface area (Å²) in [5, 5.41) is 15.9. The largest absolute Gasteiger partial charge is 0.489 e. The van der Waals surface area contributed by atoms with Crippen LogP contribution in [0.2, 0.25) is 0 Å². The van der Waals surface area contributed by atoms with Gasteiger partial charge in [-0.15, -0.1) is 6.58 Å². The Labute approximate surface area is 371 Å². The van der Waals surface area contributed by atoms with Crippen LogP contribution in [0.5, 0.6) is 11.6 Å². The molecule has 2 aliphatic heterocycles. The van der Waals surface area contributed by atoms with Crippen molar-refractivity contribution in [1.29, 1.82) is 0 Å². The monoisotopic (exact) mass is 890 g/mol. The molecule has 4 aliphatic carbocycles. The van der Waals surface area contributed by atoms with Crippen molar-refractivity contribution in [3.8, 4) is 11.6 Å². The third-order valence-electron chi connectivity index (χ3n) is 14.4. The van der Waals surface area contributed by atoms with Gasteiger partial charge in [-0.25, -0.2) is 18.2 Å². The number of sulfonamides is 1. The minimum absolute atomic E-state index is 0.000511. The molecule has 1 aromatic carbocycles. The van der Waals surface area contributed by atoms with E-state index in [-0.39, 0.29) is 25.5 Å². The van der Waals surface area contributed by atoms with Gasteiger partial charge in [-0.05, 0) is 88.2 Å². The summed E-state index contributed by atoms with van der Waals surface area (Å²) >= 11 is 0. The lowest BCUT2D eigenvalue weighted by molar-refractivity contribution is -0.142. The number of likely N-dealkylation sites (tertiary alicyclic amines) is 2. The van der Waals surface area contributed by atoms with Gasteiger partial charge in [0.2, 0.25) is 27.7 Å². The van der Waals surface area contributed by atoms with Crippen LogP contribution in [0.15, 0.2) is 36.9 Å². The minimum Gasteiger partial charge on any atom is -0.489 e. The molecule has 0 bridgehead atoms. The molecule has 4 saturated carbocycles. The van der Waals surface area contributed by atoms with Crippen molar-refractivity contribution in [2.45, 2.75) is 165 Å². The number of carboxylic acid groups (broad SMARTS) is 1. The van der Waals surface area contributed by atoms with E-state index in [1.807, 2.05) is 24.3 Å². The number of para-hydroxylation sites is 1. The third kappa shape index (κ3) is 9.96. The highest BCUT2D eigenvalue weighted by Gasteiger charge is 2.63. The number of hydrogen-bond acceptors (Lipinski definition) is 10. The van der Waals surface area contributed by atoms with E-state index < -0.39 is 73.6 Å². The van der Waals surface area contributed by atoms with Crippen LogP contribution in [-0.2, 0) is 30.8 Å². The molecule has 344 valence electrons. The van der Waals surface area contributed by atoms with Crippen molar-refractivity contribution >= 4 is 44.7 Å². The standard InChI is InChI=1S/C47H66N6O9S/c1-6-30-27-47(30,43(56)51-63(59,60)46(5)22-23-46)50-40(54)37-26-33(28-53(37)42(55)39(45(2,3)4)49-44(57)58)62-41-35(14-9-7-8-12-29-16-17-29)38(34-13-10-11-15-36(34)48-41)61-32-20-24-52(25-21-32)31-18-19-31/h6,10-11,13,15,29-33,37,39,49H,1,7-9,12,14,16-28H2,2-5H3,(H,50,54)(H,51,56)(H,57,58)/t30-,33?,37+,39-,47-/m1/s1. The quantitative estimate of drug-likeness (QED) is 0.0977. The predicted molar refractivity (Wildman–Crippen MR) is 238 cm³/mol. The molecule has 8 rings (SSSR count). The van der Waals surface area contributed by atoms with Crippen molar-refractivity contribution in [2.75, 3.05) is 19.6 Å². The summed E-state index contributed by atoms with van der Waals surface area (Å²) in [5.41, 5.74) is -0.937. The molecule has 4 amide bonds. The Morgan fingerprint density at radius 1 is 1.00 bits per heavy atom. The molecule has 4 N–H and O–H groups in total. The topological polar surface area (TPSA) is 197 Å². The molecule has 63 heavy (non-hydrogen) atoms. The van der Waals surface area contributed by atoms with Crippen LogP contribution in [0, 0.1) is 17.3 Å². The van der Waals surface area contributed by atoms with Crippen molar-refractivity contribution in [3.05, 3.63) is 42.5 Å².